The van der Waals surface area contributed by atoms with Gasteiger partial charge in [-0.3, -0.25) is 0 Å². The Morgan fingerprint density at radius 2 is 2.05 bits per heavy atom. The molecular weight excluding hydrogens is 270 g/mol. The Labute approximate surface area is 126 Å². The highest BCUT2D eigenvalue weighted by Gasteiger charge is 2.47. The van der Waals surface area contributed by atoms with Crippen LogP contribution in [0.5, 0.6) is 5.75 Å². The van der Waals surface area contributed by atoms with Crippen LogP contribution in [-0.4, -0.2) is 13.7 Å². The van der Waals surface area contributed by atoms with Gasteiger partial charge < -0.3 is 10.1 Å². The Hall–Kier alpha value is -0.730. The second kappa shape index (κ2) is 5.95. The van der Waals surface area contributed by atoms with Crippen molar-refractivity contribution in [3.63, 3.8) is 0 Å². The zero-order valence-corrected chi connectivity index (χ0v) is 13.1. The summed E-state index contributed by atoms with van der Waals surface area (Å²) in [6.07, 6.45) is 5.41. The molecule has 3 rings (SSSR count). The maximum absolute atomic E-state index is 6.30. The SMILES string of the molecule is CCCNC(c1ccc(OC)c(Cl)c1)C1CC2CC2C1. The van der Waals surface area contributed by atoms with Crippen LogP contribution in [0.1, 0.15) is 44.2 Å². The molecule has 0 bridgehead atoms. The van der Waals surface area contributed by atoms with Crippen LogP contribution in [0.25, 0.3) is 0 Å². The number of benzene rings is 1. The molecule has 2 aliphatic rings. The molecule has 3 unspecified atom stereocenters. The minimum Gasteiger partial charge on any atom is -0.495 e. The maximum atomic E-state index is 6.30. The van der Waals surface area contributed by atoms with Gasteiger partial charge in [-0.1, -0.05) is 24.6 Å². The summed E-state index contributed by atoms with van der Waals surface area (Å²) in [6.45, 7) is 3.29. The van der Waals surface area contributed by atoms with Gasteiger partial charge >= 0.3 is 0 Å². The molecule has 110 valence electrons. The first-order valence-corrected chi connectivity index (χ1v) is 8.17. The molecule has 0 aromatic heterocycles. The first-order chi connectivity index (χ1) is 9.72. The highest BCUT2D eigenvalue weighted by molar-refractivity contribution is 6.32. The van der Waals surface area contributed by atoms with Gasteiger partial charge in [0.1, 0.15) is 5.75 Å². The van der Waals surface area contributed by atoms with E-state index in [9.17, 15) is 0 Å². The molecule has 1 aromatic carbocycles. The predicted octanol–water partition coefficient (Wildman–Crippen LogP) is 4.44. The van der Waals surface area contributed by atoms with Crippen molar-refractivity contribution < 1.29 is 4.74 Å². The molecule has 1 aromatic rings. The van der Waals surface area contributed by atoms with Crippen LogP contribution < -0.4 is 10.1 Å². The van der Waals surface area contributed by atoms with E-state index in [1.807, 2.05) is 6.07 Å². The summed E-state index contributed by atoms with van der Waals surface area (Å²) in [5.41, 5.74) is 1.32. The number of hydrogen-bond donors (Lipinski definition) is 1. The lowest BCUT2D eigenvalue weighted by Gasteiger charge is -2.27. The molecule has 3 heteroatoms. The highest BCUT2D eigenvalue weighted by Crippen LogP contribution is 2.57. The Balaban J connectivity index is 1.78. The van der Waals surface area contributed by atoms with Crippen molar-refractivity contribution in [1.29, 1.82) is 0 Å². The van der Waals surface area contributed by atoms with Crippen molar-refractivity contribution in [3.8, 4) is 5.75 Å². The van der Waals surface area contributed by atoms with Gasteiger partial charge in [0, 0.05) is 6.04 Å². The number of methoxy groups -OCH3 is 1. The van der Waals surface area contributed by atoms with Crippen LogP contribution in [0.2, 0.25) is 5.02 Å². The molecule has 0 spiro atoms. The highest BCUT2D eigenvalue weighted by atomic mass is 35.5. The van der Waals surface area contributed by atoms with E-state index in [4.69, 9.17) is 16.3 Å². The van der Waals surface area contributed by atoms with E-state index < -0.39 is 0 Å². The third-order valence-electron chi connectivity index (χ3n) is 4.90. The summed E-state index contributed by atoms with van der Waals surface area (Å²) in [7, 11) is 1.66. The second-order valence-electron chi connectivity index (χ2n) is 6.31. The van der Waals surface area contributed by atoms with Gasteiger partial charge in [0.2, 0.25) is 0 Å². The van der Waals surface area contributed by atoms with Gasteiger partial charge in [0.25, 0.3) is 0 Å². The van der Waals surface area contributed by atoms with E-state index in [0.29, 0.717) is 6.04 Å². The Morgan fingerprint density at radius 3 is 2.65 bits per heavy atom. The molecule has 2 aliphatic carbocycles. The molecule has 3 atom stereocenters. The van der Waals surface area contributed by atoms with Gasteiger partial charge in [-0.25, -0.2) is 0 Å². The molecule has 20 heavy (non-hydrogen) atoms. The molecule has 0 amide bonds. The molecule has 2 saturated carbocycles. The number of rotatable bonds is 6. The number of nitrogens with one attached hydrogen (secondary N) is 1. The van der Waals surface area contributed by atoms with Crippen molar-refractivity contribution in [2.45, 2.75) is 38.6 Å². The third-order valence-corrected chi connectivity index (χ3v) is 5.20. The van der Waals surface area contributed by atoms with E-state index in [0.717, 1.165) is 35.1 Å². The monoisotopic (exact) mass is 293 g/mol. The zero-order chi connectivity index (χ0) is 14.1. The topological polar surface area (TPSA) is 21.3 Å². The summed E-state index contributed by atoms with van der Waals surface area (Å²) in [4.78, 5) is 0. The van der Waals surface area contributed by atoms with Gasteiger partial charge in [-0.2, -0.15) is 0 Å². The molecule has 0 saturated heterocycles. The summed E-state index contributed by atoms with van der Waals surface area (Å²) in [5.74, 6) is 3.56. The van der Waals surface area contributed by atoms with Crippen LogP contribution >= 0.6 is 11.6 Å². The molecule has 0 radical (unpaired) electrons. The minimum atomic E-state index is 0.450. The zero-order valence-electron chi connectivity index (χ0n) is 12.4. The van der Waals surface area contributed by atoms with Crippen molar-refractivity contribution in [3.05, 3.63) is 28.8 Å². The average molecular weight is 294 g/mol. The van der Waals surface area contributed by atoms with Crippen molar-refractivity contribution in [2.75, 3.05) is 13.7 Å². The average Bonchev–Trinajstić information content (AvgIpc) is 3.06. The lowest BCUT2D eigenvalue weighted by atomic mass is 9.89. The number of halogens is 1. The lowest BCUT2D eigenvalue weighted by molar-refractivity contribution is 0.341. The van der Waals surface area contributed by atoms with E-state index in [-0.39, 0.29) is 0 Å². The van der Waals surface area contributed by atoms with Gasteiger partial charge in [0.05, 0.1) is 12.1 Å². The largest absolute Gasteiger partial charge is 0.495 e. The van der Waals surface area contributed by atoms with Gasteiger partial charge in [0.15, 0.2) is 0 Å². The smallest absolute Gasteiger partial charge is 0.137 e. The third kappa shape index (κ3) is 2.82. The van der Waals surface area contributed by atoms with Crippen LogP contribution in [0, 0.1) is 17.8 Å². The number of ether oxygens (including phenoxy) is 1. The molecular formula is C17H24ClNO. The van der Waals surface area contributed by atoms with Crippen LogP contribution in [0.15, 0.2) is 18.2 Å². The predicted molar refractivity (Wildman–Crippen MR) is 83.4 cm³/mol. The Morgan fingerprint density at radius 1 is 1.30 bits per heavy atom. The van der Waals surface area contributed by atoms with Crippen LogP contribution in [0.3, 0.4) is 0 Å². The van der Waals surface area contributed by atoms with Gasteiger partial charge in [-0.15, -0.1) is 0 Å². The van der Waals surface area contributed by atoms with Crippen molar-refractivity contribution in [2.24, 2.45) is 17.8 Å². The van der Waals surface area contributed by atoms with E-state index in [1.54, 1.807) is 7.11 Å². The van der Waals surface area contributed by atoms with E-state index in [1.165, 1.54) is 31.2 Å². The van der Waals surface area contributed by atoms with Crippen LogP contribution in [-0.2, 0) is 0 Å². The normalized spacial score (nSPS) is 29.1. The second-order valence-corrected chi connectivity index (χ2v) is 6.72. The quantitative estimate of drug-likeness (QED) is 0.837. The fourth-order valence-electron chi connectivity index (χ4n) is 3.77. The minimum absolute atomic E-state index is 0.450. The number of fused-ring (bicyclic) bond motifs is 1. The number of hydrogen-bond acceptors (Lipinski definition) is 2. The standard InChI is InChI=1S/C17H24ClNO/c1-3-6-19-17(14-8-12-7-13(12)9-14)11-4-5-16(20-2)15(18)10-11/h4-5,10,12-14,17,19H,3,6-9H2,1-2H3. The summed E-state index contributed by atoms with van der Waals surface area (Å²) >= 11 is 6.30. The molecule has 2 nitrogen and oxygen atoms in total. The molecule has 0 heterocycles. The first kappa shape index (κ1) is 14.2. The summed E-state index contributed by atoms with van der Waals surface area (Å²) < 4.78 is 5.26. The first-order valence-electron chi connectivity index (χ1n) is 7.79. The maximum Gasteiger partial charge on any atom is 0.137 e. The molecule has 0 aliphatic heterocycles. The summed E-state index contributed by atoms with van der Waals surface area (Å²) in [5, 5.41) is 4.45. The van der Waals surface area contributed by atoms with E-state index in [2.05, 4.69) is 24.4 Å². The summed E-state index contributed by atoms with van der Waals surface area (Å²) in [6, 6.07) is 6.69. The molecule has 1 N–H and O–H groups in total. The Kier molecular flexibility index (Phi) is 4.23. The van der Waals surface area contributed by atoms with Gasteiger partial charge in [-0.05, 0) is 67.7 Å². The lowest BCUT2D eigenvalue weighted by Crippen LogP contribution is -2.28. The van der Waals surface area contributed by atoms with Crippen LogP contribution in [0.4, 0.5) is 0 Å². The van der Waals surface area contributed by atoms with Crippen molar-refractivity contribution in [1.82, 2.24) is 5.32 Å². The Bertz CT molecular complexity index is 466. The fourth-order valence-corrected chi connectivity index (χ4v) is 4.03. The molecule has 2 fully saturated rings. The fraction of sp³-hybridized carbons (Fsp3) is 0.647. The van der Waals surface area contributed by atoms with E-state index >= 15 is 0 Å². The van der Waals surface area contributed by atoms with Crippen molar-refractivity contribution >= 4 is 11.6 Å².